The van der Waals surface area contributed by atoms with Crippen molar-refractivity contribution >= 4 is 5.91 Å². The van der Waals surface area contributed by atoms with Crippen LogP contribution < -0.4 is 5.32 Å². The van der Waals surface area contributed by atoms with Crippen LogP contribution in [0.1, 0.15) is 19.2 Å². The Hall–Kier alpha value is -3.02. The summed E-state index contributed by atoms with van der Waals surface area (Å²) in [5.74, 6) is 0.624. The van der Waals surface area contributed by atoms with Crippen LogP contribution in [0.15, 0.2) is 53.1 Å². The Kier molecular flexibility index (Phi) is 5.18. The molecule has 0 aliphatic carbocycles. The van der Waals surface area contributed by atoms with E-state index in [0.717, 1.165) is 16.7 Å². The SMILES string of the molecule is CCNC(=O)CCc1nc(-c2ccc(-c3ccc(F)cc3)cc2)no1. The number of aromatic nitrogens is 2. The van der Waals surface area contributed by atoms with Crippen LogP contribution in [0.2, 0.25) is 0 Å². The summed E-state index contributed by atoms with van der Waals surface area (Å²) in [6.07, 6.45) is 0.728. The van der Waals surface area contributed by atoms with Gasteiger partial charge in [0.15, 0.2) is 0 Å². The van der Waals surface area contributed by atoms with Gasteiger partial charge in [0.2, 0.25) is 17.6 Å². The van der Waals surface area contributed by atoms with Crippen LogP contribution >= 0.6 is 0 Å². The van der Waals surface area contributed by atoms with Crippen LogP contribution in [-0.2, 0) is 11.2 Å². The van der Waals surface area contributed by atoms with E-state index in [-0.39, 0.29) is 11.7 Å². The number of halogens is 1. The molecule has 0 spiro atoms. The van der Waals surface area contributed by atoms with Gasteiger partial charge in [0, 0.05) is 24.9 Å². The lowest BCUT2D eigenvalue weighted by atomic mass is 10.0. The number of aryl methyl sites for hydroxylation is 1. The molecule has 1 amide bonds. The maximum atomic E-state index is 13.0. The second-order valence-electron chi connectivity index (χ2n) is 5.55. The number of nitrogens with zero attached hydrogens (tertiary/aromatic N) is 2. The Morgan fingerprint density at radius 3 is 2.28 bits per heavy atom. The summed E-state index contributed by atoms with van der Waals surface area (Å²) in [6, 6.07) is 14.0. The van der Waals surface area contributed by atoms with Crippen molar-refractivity contribution in [3.05, 3.63) is 60.2 Å². The lowest BCUT2D eigenvalue weighted by Crippen LogP contribution is -2.22. The topological polar surface area (TPSA) is 68.0 Å². The van der Waals surface area contributed by atoms with Gasteiger partial charge >= 0.3 is 0 Å². The predicted octanol–water partition coefficient (Wildman–Crippen LogP) is 3.61. The fraction of sp³-hybridized carbons (Fsp3) is 0.211. The molecular formula is C19H18FN3O2. The summed E-state index contributed by atoms with van der Waals surface area (Å²) in [7, 11) is 0. The van der Waals surface area contributed by atoms with Crippen molar-refractivity contribution in [1.82, 2.24) is 15.5 Å². The van der Waals surface area contributed by atoms with E-state index < -0.39 is 0 Å². The predicted molar refractivity (Wildman–Crippen MR) is 92.1 cm³/mol. The van der Waals surface area contributed by atoms with Gasteiger partial charge in [0.25, 0.3) is 0 Å². The van der Waals surface area contributed by atoms with E-state index >= 15 is 0 Å². The van der Waals surface area contributed by atoms with E-state index in [1.807, 2.05) is 31.2 Å². The van der Waals surface area contributed by atoms with Crippen molar-refractivity contribution in [3.63, 3.8) is 0 Å². The van der Waals surface area contributed by atoms with Crippen molar-refractivity contribution in [2.24, 2.45) is 0 Å². The third-order valence-electron chi connectivity index (χ3n) is 3.73. The van der Waals surface area contributed by atoms with Gasteiger partial charge in [-0.15, -0.1) is 0 Å². The molecule has 1 aromatic heterocycles. The van der Waals surface area contributed by atoms with Crippen LogP contribution in [0.4, 0.5) is 4.39 Å². The zero-order chi connectivity index (χ0) is 17.6. The number of benzene rings is 2. The molecule has 0 saturated heterocycles. The van der Waals surface area contributed by atoms with E-state index in [9.17, 15) is 9.18 Å². The Bertz CT molecular complexity index is 842. The third kappa shape index (κ3) is 4.29. The zero-order valence-corrected chi connectivity index (χ0v) is 13.8. The first-order chi connectivity index (χ1) is 12.2. The molecule has 1 N–H and O–H groups in total. The van der Waals surface area contributed by atoms with Gasteiger partial charge in [-0.05, 0) is 30.2 Å². The monoisotopic (exact) mass is 339 g/mol. The van der Waals surface area contributed by atoms with E-state index in [0.29, 0.717) is 31.1 Å². The fourth-order valence-corrected chi connectivity index (χ4v) is 2.43. The van der Waals surface area contributed by atoms with Crippen LogP contribution in [0.25, 0.3) is 22.5 Å². The van der Waals surface area contributed by atoms with Gasteiger partial charge < -0.3 is 9.84 Å². The summed E-state index contributed by atoms with van der Waals surface area (Å²) in [5.41, 5.74) is 2.73. The molecule has 0 atom stereocenters. The fourth-order valence-electron chi connectivity index (χ4n) is 2.43. The highest BCUT2D eigenvalue weighted by Crippen LogP contribution is 2.23. The molecule has 0 saturated carbocycles. The minimum atomic E-state index is -0.257. The summed E-state index contributed by atoms with van der Waals surface area (Å²) in [4.78, 5) is 15.8. The second-order valence-corrected chi connectivity index (χ2v) is 5.55. The van der Waals surface area contributed by atoms with Gasteiger partial charge in [-0.3, -0.25) is 4.79 Å². The molecule has 0 fully saturated rings. The van der Waals surface area contributed by atoms with Crippen molar-refractivity contribution in [2.45, 2.75) is 19.8 Å². The van der Waals surface area contributed by atoms with Gasteiger partial charge in [-0.1, -0.05) is 41.6 Å². The molecule has 6 heteroatoms. The summed E-state index contributed by atoms with van der Waals surface area (Å²) >= 11 is 0. The average molecular weight is 339 g/mol. The van der Waals surface area contributed by atoms with Crippen LogP contribution in [0.3, 0.4) is 0 Å². The Morgan fingerprint density at radius 2 is 1.64 bits per heavy atom. The van der Waals surface area contributed by atoms with Gasteiger partial charge in [0.1, 0.15) is 5.82 Å². The van der Waals surface area contributed by atoms with E-state index in [1.54, 1.807) is 12.1 Å². The molecule has 0 bridgehead atoms. The standard InChI is InChI=1S/C19H18FN3O2/c1-2-21-17(24)11-12-18-22-19(23-25-18)15-5-3-13(4-6-15)14-7-9-16(20)10-8-14/h3-10H,2,11-12H2,1H3,(H,21,24). The van der Waals surface area contributed by atoms with E-state index in [2.05, 4.69) is 15.5 Å². The normalized spacial score (nSPS) is 10.6. The molecule has 0 radical (unpaired) electrons. The average Bonchev–Trinajstić information content (AvgIpc) is 3.10. The van der Waals surface area contributed by atoms with Crippen LogP contribution in [0, 0.1) is 5.82 Å². The van der Waals surface area contributed by atoms with Crippen molar-refractivity contribution < 1.29 is 13.7 Å². The molecule has 5 nitrogen and oxygen atoms in total. The van der Waals surface area contributed by atoms with Crippen LogP contribution in [0.5, 0.6) is 0 Å². The molecular weight excluding hydrogens is 321 g/mol. The van der Waals surface area contributed by atoms with E-state index in [1.165, 1.54) is 12.1 Å². The molecule has 0 unspecified atom stereocenters. The molecule has 128 valence electrons. The number of carbonyl (C=O) groups excluding carboxylic acids is 1. The summed E-state index contributed by atoms with van der Waals surface area (Å²) < 4.78 is 18.2. The number of nitrogens with one attached hydrogen (secondary N) is 1. The van der Waals surface area contributed by atoms with E-state index in [4.69, 9.17) is 4.52 Å². The maximum absolute atomic E-state index is 13.0. The molecule has 3 aromatic rings. The second kappa shape index (κ2) is 7.70. The smallest absolute Gasteiger partial charge is 0.227 e. The first-order valence-electron chi connectivity index (χ1n) is 8.11. The van der Waals surface area contributed by atoms with Gasteiger partial charge in [0.05, 0.1) is 0 Å². The highest BCUT2D eigenvalue weighted by molar-refractivity contribution is 5.76. The van der Waals surface area contributed by atoms with Crippen molar-refractivity contribution in [1.29, 1.82) is 0 Å². The van der Waals surface area contributed by atoms with Gasteiger partial charge in [-0.2, -0.15) is 4.98 Å². The molecule has 25 heavy (non-hydrogen) atoms. The van der Waals surface area contributed by atoms with Crippen molar-refractivity contribution in [2.75, 3.05) is 6.54 Å². The molecule has 0 aliphatic heterocycles. The lowest BCUT2D eigenvalue weighted by molar-refractivity contribution is -0.121. The minimum Gasteiger partial charge on any atom is -0.356 e. The highest BCUT2D eigenvalue weighted by atomic mass is 19.1. The zero-order valence-electron chi connectivity index (χ0n) is 13.8. The van der Waals surface area contributed by atoms with Gasteiger partial charge in [-0.25, -0.2) is 4.39 Å². The first-order valence-corrected chi connectivity index (χ1v) is 8.11. The molecule has 3 rings (SSSR count). The highest BCUT2D eigenvalue weighted by Gasteiger charge is 2.10. The number of hydrogen-bond donors (Lipinski definition) is 1. The first kappa shape index (κ1) is 16.8. The number of hydrogen-bond acceptors (Lipinski definition) is 4. The molecule has 0 aliphatic rings. The van der Waals surface area contributed by atoms with Crippen molar-refractivity contribution in [3.8, 4) is 22.5 Å². The Morgan fingerprint density at radius 1 is 1.04 bits per heavy atom. The minimum absolute atomic E-state index is 0.0362. The number of rotatable bonds is 6. The number of carbonyl (C=O) groups is 1. The Labute approximate surface area is 144 Å². The molecule has 2 aromatic carbocycles. The molecule has 1 heterocycles. The third-order valence-corrected chi connectivity index (χ3v) is 3.73. The summed E-state index contributed by atoms with van der Waals surface area (Å²) in [5, 5.41) is 6.68. The quantitative estimate of drug-likeness (QED) is 0.745. The van der Waals surface area contributed by atoms with Crippen LogP contribution in [-0.4, -0.2) is 22.6 Å². The largest absolute Gasteiger partial charge is 0.356 e. The lowest BCUT2D eigenvalue weighted by Gasteiger charge is -2.02. The maximum Gasteiger partial charge on any atom is 0.227 e. The number of amides is 1. The summed E-state index contributed by atoms with van der Waals surface area (Å²) in [6.45, 7) is 2.48. The Balaban J connectivity index is 1.68.